The SMILES string of the molecule is CS(=O)(=O)c1nc2ccc(NCOC3CC(S(=O)(=O)O)CC(S(=O)(=O)O)C3)cc2[nH]1. The van der Waals surface area contributed by atoms with Crippen LogP contribution in [0.1, 0.15) is 19.3 Å². The lowest BCUT2D eigenvalue weighted by Crippen LogP contribution is -2.42. The molecule has 12 nitrogen and oxygen atoms in total. The fourth-order valence-corrected chi connectivity index (χ4v) is 5.85. The Kier molecular flexibility index (Phi) is 6.14. The van der Waals surface area contributed by atoms with Crippen LogP contribution in [-0.4, -0.2) is 73.9 Å². The zero-order valence-electron chi connectivity index (χ0n) is 15.7. The maximum Gasteiger partial charge on any atom is 0.267 e. The van der Waals surface area contributed by atoms with Crippen LogP contribution in [0.5, 0.6) is 0 Å². The third-order valence-corrected chi connectivity index (χ3v) is 8.18. The van der Waals surface area contributed by atoms with Gasteiger partial charge < -0.3 is 15.0 Å². The Morgan fingerprint density at radius 2 is 1.67 bits per heavy atom. The lowest BCUT2D eigenvalue weighted by Gasteiger charge is -2.31. The van der Waals surface area contributed by atoms with Gasteiger partial charge in [0.05, 0.1) is 27.6 Å². The fraction of sp³-hybridized carbons (Fsp3) is 0.533. The average Bonchev–Trinajstić information content (AvgIpc) is 3.04. The number of aromatic amines is 1. The molecule has 1 aromatic heterocycles. The molecule has 1 fully saturated rings. The summed E-state index contributed by atoms with van der Waals surface area (Å²) in [5.41, 5.74) is 1.46. The number of imidazole rings is 1. The van der Waals surface area contributed by atoms with Gasteiger partial charge in [-0.15, -0.1) is 0 Å². The molecule has 0 aliphatic heterocycles. The molecule has 3 rings (SSSR count). The first-order valence-corrected chi connectivity index (χ1v) is 13.6. The highest BCUT2D eigenvalue weighted by molar-refractivity contribution is 7.90. The van der Waals surface area contributed by atoms with E-state index >= 15 is 0 Å². The number of aromatic nitrogens is 2. The topological polar surface area (TPSA) is 193 Å². The summed E-state index contributed by atoms with van der Waals surface area (Å²) in [5.74, 6) is 0. The highest BCUT2D eigenvalue weighted by Crippen LogP contribution is 2.30. The summed E-state index contributed by atoms with van der Waals surface area (Å²) < 4.78 is 93.0. The Morgan fingerprint density at radius 3 is 2.20 bits per heavy atom. The first-order chi connectivity index (χ1) is 13.7. The third-order valence-electron chi connectivity index (χ3n) is 4.83. The van der Waals surface area contributed by atoms with E-state index in [9.17, 15) is 34.4 Å². The van der Waals surface area contributed by atoms with Gasteiger partial charge in [-0.3, -0.25) is 9.11 Å². The Bertz CT molecular complexity index is 1210. The monoisotopic (exact) mass is 483 g/mol. The standard InChI is InChI=1S/C15H21N3O9S3/c1-28(19,20)15-17-13-3-2-9(4-14(13)18-15)16-8-27-10-5-11(29(21,22)23)7-12(6-10)30(24,25)26/h2-4,10-12,16H,5-8H2,1H3,(H,17,18)(H,21,22,23)(H,24,25,26). The summed E-state index contributed by atoms with van der Waals surface area (Å²) in [4.78, 5) is 6.67. The molecule has 1 aliphatic carbocycles. The summed E-state index contributed by atoms with van der Waals surface area (Å²) >= 11 is 0. The van der Waals surface area contributed by atoms with Crippen molar-refractivity contribution < 1.29 is 39.1 Å². The van der Waals surface area contributed by atoms with Gasteiger partial charge in [0.25, 0.3) is 20.2 Å². The predicted molar refractivity (Wildman–Crippen MR) is 107 cm³/mol. The van der Waals surface area contributed by atoms with Crippen LogP contribution in [0.2, 0.25) is 0 Å². The number of hydrogen-bond donors (Lipinski definition) is 4. The van der Waals surface area contributed by atoms with Gasteiger partial charge in [-0.1, -0.05) is 0 Å². The van der Waals surface area contributed by atoms with Crippen LogP contribution in [0.3, 0.4) is 0 Å². The van der Waals surface area contributed by atoms with Crippen molar-refractivity contribution in [2.24, 2.45) is 0 Å². The lowest BCUT2D eigenvalue weighted by atomic mass is 9.96. The van der Waals surface area contributed by atoms with E-state index in [4.69, 9.17) is 4.74 Å². The molecule has 15 heteroatoms. The summed E-state index contributed by atoms with van der Waals surface area (Å²) in [7, 11) is -12.5. The van der Waals surface area contributed by atoms with Crippen molar-refractivity contribution >= 4 is 46.8 Å². The zero-order chi connectivity index (χ0) is 22.3. The zero-order valence-corrected chi connectivity index (χ0v) is 18.2. The maximum atomic E-state index is 11.6. The van der Waals surface area contributed by atoms with E-state index in [-0.39, 0.29) is 24.7 Å². The van der Waals surface area contributed by atoms with Crippen molar-refractivity contribution in [1.82, 2.24) is 9.97 Å². The van der Waals surface area contributed by atoms with Gasteiger partial charge in [-0.25, -0.2) is 13.4 Å². The van der Waals surface area contributed by atoms with Crippen molar-refractivity contribution in [3.8, 4) is 0 Å². The molecule has 30 heavy (non-hydrogen) atoms. The minimum Gasteiger partial charge on any atom is -0.363 e. The molecule has 0 amide bonds. The molecule has 4 N–H and O–H groups in total. The van der Waals surface area contributed by atoms with E-state index in [1.54, 1.807) is 18.2 Å². The van der Waals surface area contributed by atoms with Gasteiger partial charge in [0.1, 0.15) is 6.73 Å². The second-order valence-corrected chi connectivity index (χ2v) is 12.5. The van der Waals surface area contributed by atoms with Gasteiger partial charge in [0, 0.05) is 11.9 Å². The van der Waals surface area contributed by atoms with Crippen molar-refractivity contribution in [3.05, 3.63) is 18.2 Å². The van der Waals surface area contributed by atoms with Crippen molar-refractivity contribution in [3.63, 3.8) is 0 Å². The minimum atomic E-state index is -4.50. The van der Waals surface area contributed by atoms with Crippen LogP contribution in [0.15, 0.2) is 23.4 Å². The van der Waals surface area contributed by atoms with E-state index in [0.717, 1.165) is 6.26 Å². The highest BCUT2D eigenvalue weighted by Gasteiger charge is 2.41. The number of ether oxygens (including phenoxy) is 1. The van der Waals surface area contributed by atoms with Crippen LogP contribution in [0, 0.1) is 0 Å². The number of rotatable bonds is 7. The van der Waals surface area contributed by atoms with E-state index < -0.39 is 53.1 Å². The normalized spacial score (nSPS) is 23.5. The molecule has 2 unspecified atom stereocenters. The van der Waals surface area contributed by atoms with Gasteiger partial charge in [-0.2, -0.15) is 16.8 Å². The van der Waals surface area contributed by atoms with Crippen LogP contribution >= 0.6 is 0 Å². The predicted octanol–water partition coefficient (Wildman–Crippen LogP) is 0.418. The third kappa shape index (κ3) is 5.47. The molecule has 168 valence electrons. The number of nitrogens with one attached hydrogen (secondary N) is 2. The molecule has 0 saturated heterocycles. The highest BCUT2D eigenvalue weighted by atomic mass is 32.2. The van der Waals surface area contributed by atoms with Gasteiger partial charge in [-0.05, 0) is 37.5 Å². The average molecular weight is 484 g/mol. The van der Waals surface area contributed by atoms with Crippen molar-refractivity contribution in [2.75, 3.05) is 18.3 Å². The van der Waals surface area contributed by atoms with E-state index in [1.807, 2.05) is 0 Å². The largest absolute Gasteiger partial charge is 0.363 e. The summed E-state index contributed by atoms with van der Waals surface area (Å²) in [6.07, 6.45) is -0.461. The molecular weight excluding hydrogens is 462 g/mol. The second kappa shape index (κ2) is 8.05. The Morgan fingerprint density at radius 1 is 1.07 bits per heavy atom. The molecule has 0 radical (unpaired) electrons. The molecule has 1 saturated carbocycles. The van der Waals surface area contributed by atoms with Crippen LogP contribution < -0.4 is 5.32 Å². The van der Waals surface area contributed by atoms with Gasteiger partial charge in [0.15, 0.2) is 0 Å². The minimum absolute atomic E-state index is 0.121. The molecule has 1 aromatic carbocycles. The smallest absolute Gasteiger partial charge is 0.267 e. The van der Waals surface area contributed by atoms with Crippen molar-refractivity contribution in [1.29, 1.82) is 0 Å². The van der Waals surface area contributed by atoms with E-state index in [2.05, 4.69) is 15.3 Å². The second-order valence-electron chi connectivity index (χ2n) is 7.14. The van der Waals surface area contributed by atoms with Gasteiger partial charge >= 0.3 is 0 Å². The summed E-state index contributed by atoms with van der Waals surface area (Å²) in [6.45, 7) is -0.125. The first kappa shape index (κ1) is 22.9. The Labute approximate surface area is 173 Å². The molecule has 1 heterocycles. The van der Waals surface area contributed by atoms with E-state index in [0.29, 0.717) is 16.7 Å². The molecule has 1 aliphatic rings. The number of sulfone groups is 1. The number of anilines is 1. The molecule has 0 bridgehead atoms. The maximum absolute atomic E-state index is 11.6. The summed E-state index contributed by atoms with van der Waals surface area (Å²) in [5, 5.41) is 0.00560. The number of nitrogens with zero attached hydrogens (tertiary/aromatic N) is 1. The number of H-pyrrole nitrogens is 1. The van der Waals surface area contributed by atoms with Crippen LogP contribution in [0.25, 0.3) is 11.0 Å². The molecular formula is C15H21N3O9S3. The molecule has 0 spiro atoms. The number of fused-ring (bicyclic) bond motifs is 1. The fourth-order valence-electron chi connectivity index (χ4n) is 3.31. The van der Waals surface area contributed by atoms with Crippen LogP contribution in [-0.2, 0) is 34.8 Å². The Hall–Kier alpha value is -1.78. The van der Waals surface area contributed by atoms with E-state index in [1.165, 1.54) is 0 Å². The van der Waals surface area contributed by atoms with Crippen molar-refractivity contribution in [2.45, 2.75) is 41.0 Å². The summed E-state index contributed by atoms with van der Waals surface area (Å²) in [6, 6.07) is 4.82. The van der Waals surface area contributed by atoms with Gasteiger partial charge in [0.2, 0.25) is 15.0 Å². The quantitative estimate of drug-likeness (QED) is 0.315. The molecule has 2 aromatic rings. The first-order valence-electron chi connectivity index (χ1n) is 8.71. The Balaban J connectivity index is 1.67. The lowest BCUT2D eigenvalue weighted by molar-refractivity contribution is 0.0405. The molecule has 2 atom stereocenters. The number of benzene rings is 1. The number of hydrogen-bond acceptors (Lipinski definition) is 9. The van der Waals surface area contributed by atoms with Crippen LogP contribution in [0.4, 0.5) is 5.69 Å².